The van der Waals surface area contributed by atoms with Crippen molar-refractivity contribution in [3.63, 3.8) is 0 Å². The molecule has 0 aliphatic rings. The summed E-state index contributed by atoms with van der Waals surface area (Å²) in [5, 5.41) is 2.76. The van der Waals surface area contributed by atoms with Crippen LogP contribution in [0.15, 0.2) is 43.2 Å². The molecule has 0 atom stereocenters. The lowest BCUT2D eigenvalue weighted by atomic mass is 10.2. The van der Waals surface area contributed by atoms with Crippen LogP contribution in [-0.2, 0) is 6.54 Å². The van der Waals surface area contributed by atoms with Crippen LogP contribution in [0.1, 0.15) is 15.9 Å². The Bertz CT molecular complexity index is 458. The van der Waals surface area contributed by atoms with E-state index in [0.29, 0.717) is 12.1 Å². The average molecular weight is 214 g/mol. The third kappa shape index (κ3) is 2.60. The highest BCUT2D eigenvalue weighted by Gasteiger charge is 2.04. The maximum absolute atomic E-state index is 11.6. The molecule has 5 heteroatoms. The fraction of sp³-hybridized carbons (Fsp3) is 0.0909. The Morgan fingerprint density at radius 3 is 2.69 bits per heavy atom. The second-order valence-corrected chi connectivity index (χ2v) is 3.17. The van der Waals surface area contributed by atoms with Crippen LogP contribution in [0.4, 0.5) is 0 Å². The lowest BCUT2D eigenvalue weighted by Crippen LogP contribution is -2.22. The molecule has 0 spiro atoms. The van der Waals surface area contributed by atoms with E-state index in [1.54, 1.807) is 30.7 Å². The molecule has 2 aromatic rings. The van der Waals surface area contributed by atoms with Gasteiger partial charge in [-0.05, 0) is 12.1 Å². The molecule has 2 heterocycles. The van der Waals surface area contributed by atoms with E-state index >= 15 is 0 Å². The van der Waals surface area contributed by atoms with Crippen molar-refractivity contribution in [2.45, 2.75) is 6.54 Å². The summed E-state index contributed by atoms with van der Waals surface area (Å²) in [5.41, 5.74) is 1.40. The molecule has 0 saturated carbocycles. The van der Waals surface area contributed by atoms with Gasteiger partial charge in [0.2, 0.25) is 0 Å². The number of pyridine rings is 1. The predicted molar refractivity (Wildman–Crippen MR) is 57.4 cm³/mol. The van der Waals surface area contributed by atoms with Crippen LogP contribution in [0.3, 0.4) is 0 Å². The van der Waals surface area contributed by atoms with E-state index in [1.165, 1.54) is 12.5 Å². The van der Waals surface area contributed by atoms with E-state index in [9.17, 15) is 4.79 Å². The monoisotopic (exact) mass is 214 g/mol. The number of rotatable bonds is 3. The Morgan fingerprint density at radius 1 is 1.19 bits per heavy atom. The molecule has 2 rings (SSSR count). The smallest absolute Gasteiger partial charge is 0.253 e. The summed E-state index contributed by atoms with van der Waals surface area (Å²) < 4.78 is 0. The second kappa shape index (κ2) is 4.97. The molecule has 0 aromatic carbocycles. The fourth-order valence-corrected chi connectivity index (χ4v) is 1.20. The van der Waals surface area contributed by atoms with Crippen LogP contribution in [0.2, 0.25) is 0 Å². The summed E-state index contributed by atoms with van der Waals surface area (Å²) in [6, 6.07) is 3.43. The number of hydrogen-bond donors (Lipinski definition) is 1. The van der Waals surface area contributed by atoms with Crippen LogP contribution >= 0.6 is 0 Å². The standard InChI is InChI=1S/C11H10N4O/c16-11(10-2-1-3-12-7-10)15-6-9-4-13-8-14-5-9/h1-5,7-8H,6H2,(H,15,16). The number of hydrogen-bond acceptors (Lipinski definition) is 4. The molecule has 0 aliphatic heterocycles. The van der Waals surface area contributed by atoms with Gasteiger partial charge in [0.05, 0.1) is 5.56 Å². The Morgan fingerprint density at radius 2 is 2.00 bits per heavy atom. The molecule has 5 nitrogen and oxygen atoms in total. The van der Waals surface area contributed by atoms with Gasteiger partial charge >= 0.3 is 0 Å². The van der Waals surface area contributed by atoms with Crippen molar-refractivity contribution in [1.82, 2.24) is 20.3 Å². The van der Waals surface area contributed by atoms with E-state index in [4.69, 9.17) is 0 Å². The summed E-state index contributed by atoms with van der Waals surface area (Å²) in [6.07, 6.45) is 7.93. The Labute approximate surface area is 92.6 Å². The number of amides is 1. The minimum Gasteiger partial charge on any atom is -0.348 e. The van der Waals surface area contributed by atoms with E-state index < -0.39 is 0 Å². The van der Waals surface area contributed by atoms with Gasteiger partial charge in [-0.1, -0.05) is 0 Å². The molecule has 0 bridgehead atoms. The molecule has 1 N–H and O–H groups in total. The highest BCUT2D eigenvalue weighted by Crippen LogP contribution is 1.97. The van der Waals surface area contributed by atoms with E-state index in [-0.39, 0.29) is 5.91 Å². The number of aromatic nitrogens is 3. The number of nitrogens with zero attached hydrogens (tertiary/aromatic N) is 3. The third-order valence-electron chi connectivity index (χ3n) is 1.99. The topological polar surface area (TPSA) is 67.8 Å². The minimum absolute atomic E-state index is 0.156. The van der Waals surface area contributed by atoms with Gasteiger partial charge in [-0.15, -0.1) is 0 Å². The molecular formula is C11H10N4O. The molecule has 16 heavy (non-hydrogen) atoms. The van der Waals surface area contributed by atoms with Crippen LogP contribution in [-0.4, -0.2) is 20.9 Å². The number of carbonyl (C=O) groups is 1. The van der Waals surface area contributed by atoms with Gasteiger partial charge in [-0.2, -0.15) is 0 Å². The largest absolute Gasteiger partial charge is 0.348 e. The Hall–Kier alpha value is -2.30. The quantitative estimate of drug-likeness (QED) is 0.820. The van der Waals surface area contributed by atoms with E-state index in [1.807, 2.05) is 0 Å². The molecule has 0 saturated heterocycles. The van der Waals surface area contributed by atoms with Gasteiger partial charge in [0.25, 0.3) is 5.91 Å². The van der Waals surface area contributed by atoms with Gasteiger partial charge in [-0.3, -0.25) is 9.78 Å². The van der Waals surface area contributed by atoms with E-state index in [0.717, 1.165) is 5.56 Å². The molecule has 1 amide bonds. The van der Waals surface area contributed by atoms with Crippen LogP contribution < -0.4 is 5.32 Å². The summed E-state index contributed by atoms with van der Waals surface area (Å²) in [4.78, 5) is 23.2. The van der Waals surface area contributed by atoms with Crippen LogP contribution in [0.5, 0.6) is 0 Å². The fourth-order valence-electron chi connectivity index (χ4n) is 1.20. The zero-order valence-corrected chi connectivity index (χ0v) is 8.50. The number of carbonyl (C=O) groups excluding carboxylic acids is 1. The van der Waals surface area contributed by atoms with Crippen LogP contribution in [0.25, 0.3) is 0 Å². The molecule has 0 aliphatic carbocycles. The van der Waals surface area contributed by atoms with Crippen molar-refractivity contribution in [2.24, 2.45) is 0 Å². The van der Waals surface area contributed by atoms with Gasteiger partial charge in [0.1, 0.15) is 6.33 Å². The predicted octanol–water partition coefficient (Wildman–Crippen LogP) is 0.802. The average Bonchev–Trinajstić information content (AvgIpc) is 2.38. The normalized spacial score (nSPS) is 9.75. The van der Waals surface area contributed by atoms with Crippen molar-refractivity contribution in [3.8, 4) is 0 Å². The van der Waals surface area contributed by atoms with Gasteiger partial charge in [0, 0.05) is 36.9 Å². The Balaban J connectivity index is 1.95. The van der Waals surface area contributed by atoms with Crippen molar-refractivity contribution >= 4 is 5.91 Å². The van der Waals surface area contributed by atoms with Crippen molar-refractivity contribution < 1.29 is 4.79 Å². The van der Waals surface area contributed by atoms with Crippen molar-refractivity contribution in [3.05, 3.63) is 54.4 Å². The second-order valence-electron chi connectivity index (χ2n) is 3.17. The number of nitrogens with one attached hydrogen (secondary N) is 1. The first-order chi connectivity index (χ1) is 7.86. The maximum Gasteiger partial charge on any atom is 0.253 e. The van der Waals surface area contributed by atoms with Crippen molar-refractivity contribution in [1.29, 1.82) is 0 Å². The SMILES string of the molecule is O=C(NCc1cncnc1)c1cccnc1. The first-order valence-corrected chi connectivity index (χ1v) is 4.78. The van der Waals surface area contributed by atoms with Crippen LogP contribution in [0, 0.1) is 0 Å². The third-order valence-corrected chi connectivity index (χ3v) is 1.99. The highest BCUT2D eigenvalue weighted by atomic mass is 16.1. The van der Waals surface area contributed by atoms with Gasteiger partial charge in [0.15, 0.2) is 0 Å². The first kappa shape index (κ1) is 10.2. The Kier molecular flexibility index (Phi) is 3.18. The molecule has 0 radical (unpaired) electrons. The minimum atomic E-state index is -0.156. The lowest BCUT2D eigenvalue weighted by molar-refractivity contribution is 0.0950. The summed E-state index contributed by atoms with van der Waals surface area (Å²) >= 11 is 0. The highest BCUT2D eigenvalue weighted by molar-refractivity contribution is 5.93. The van der Waals surface area contributed by atoms with Gasteiger partial charge < -0.3 is 5.32 Å². The lowest BCUT2D eigenvalue weighted by Gasteiger charge is -2.03. The summed E-state index contributed by atoms with van der Waals surface area (Å²) in [5.74, 6) is -0.156. The first-order valence-electron chi connectivity index (χ1n) is 4.78. The maximum atomic E-state index is 11.6. The van der Waals surface area contributed by atoms with Crippen molar-refractivity contribution in [2.75, 3.05) is 0 Å². The summed E-state index contributed by atoms with van der Waals surface area (Å²) in [7, 11) is 0. The molecule has 0 unspecified atom stereocenters. The summed E-state index contributed by atoms with van der Waals surface area (Å²) in [6.45, 7) is 0.411. The molecule has 0 fully saturated rings. The molecule has 2 aromatic heterocycles. The zero-order chi connectivity index (χ0) is 11.2. The zero-order valence-electron chi connectivity index (χ0n) is 8.50. The molecular weight excluding hydrogens is 204 g/mol. The van der Waals surface area contributed by atoms with E-state index in [2.05, 4.69) is 20.3 Å². The van der Waals surface area contributed by atoms with Gasteiger partial charge in [-0.25, -0.2) is 9.97 Å². The molecule has 80 valence electrons.